The van der Waals surface area contributed by atoms with E-state index in [2.05, 4.69) is 5.32 Å². The molecule has 0 aromatic carbocycles. The molecule has 0 atom stereocenters. The predicted octanol–water partition coefficient (Wildman–Crippen LogP) is 1.57. The van der Waals surface area contributed by atoms with Crippen LogP contribution in [0.3, 0.4) is 0 Å². The maximum Gasteiger partial charge on any atom is 0.272 e. The summed E-state index contributed by atoms with van der Waals surface area (Å²) in [4.78, 5) is 1.78. The standard InChI is InChI=1S/C9H20F2N2/c1-4-6-13(5-2)8-9(10,11)7-12-3/h12H,4-8H2,1-3H3. The third-order valence-electron chi connectivity index (χ3n) is 1.88. The lowest BCUT2D eigenvalue weighted by atomic mass is 10.3. The molecule has 0 aliphatic heterocycles. The fourth-order valence-electron chi connectivity index (χ4n) is 1.31. The van der Waals surface area contributed by atoms with Gasteiger partial charge in [-0.1, -0.05) is 13.8 Å². The first-order valence-corrected chi connectivity index (χ1v) is 4.80. The number of halogens is 2. The van der Waals surface area contributed by atoms with Crippen molar-refractivity contribution in [3.63, 3.8) is 0 Å². The highest BCUT2D eigenvalue weighted by Gasteiger charge is 2.29. The van der Waals surface area contributed by atoms with Crippen LogP contribution in [0, 0.1) is 0 Å². The topological polar surface area (TPSA) is 15.3 Å². The summed E-state index contributed by atoms with van der Waals surface area (Å²) in [5.74, 6) is -2.61. The number of nitrogens with zero attached hydrogens (tertiary/aromatic N) is 1. The maximum absolute atomic E-state index is 13.1. The van der Waals surface area contributed by atoms with E-state index in [0.717, 1.165) is 13.0 Å². The Hall–Kier alpha value is -0.220. The van der Waals surface area contributed by atoms with Crippen molar-refractivity contribution in [3.05, 3.63) is 0 Å². The third kappa shape index (κ3) is 5.93. The van der Waals surface area contributed by atoms with Gasteiger partial charge in [-0.15, -0.1) is 0 Å². The van der Waals surface area contributed by atoms with E-state index in [0.29, 0.717) is 6.54 Å². The van der Waals surface area contributed by atoms with Crippen molar-refractivity contribution < 1.29 is 8.78 Å². The summed E-state index contributed by atoms with van der Waals surface area (Å²) >= 11 is 0. The van der Waals surface area contributed by atoms with Gasteiger partial charge in [-0.25, -0.2) is 8.78 Å². The number of rotatable bonds is 7. The van der Waals surface area contributed by atoms with Crippen molar-refractivity contribution in [2.24, 2.45) is 0 Å². The number of hydrogen-bond donors (Lipinski definition) is 1. The minimum Gasteiger partial charge on any atom is -0.314 e. The fraction of sp³-hybridized carbons (Fsp3) is 1.00. The summed E-state index contributed by atoms with van der Waals surface area (Å²) in [7, 11) is 1.55. The quantitative estimate of drug-likeness (QED) is 0.662. The van der Waals surface area contributed by atoms with Gasteiger partial charge >= 0.3 is 0 Å². The molecule has 13 heavy (non-hydrogen) atoms. The lowest BCUT2D eigenvalue weighted by Gasteiger charge is -2.25. The Balaban J connectivity index is 3.89. The van der Waals surface area contributed by atoms with Gasteiger partial charge in [0.15, 0.2) is 0 Å². The SMILES string of the molecule is CCCN(CC)CC(F)(F)CNC. The van der Waals surface area contributed by atoms with Gasteiger partial charge in [0.25, 0.3) is 5.92 Å². The summed E-state index contributed by atoms with van der Waals surface area (Å²) in [6.07, 6.45) is 0.920. The zero-order valence-electron chi connectivity index (χ0n) is 8.74. The highest BCUT2D eigenvalue weighted by molar-refractivity contribution is 4.73. The molecule has 1 N–H and O–H groups in total. The summed E-state index contributed by atoms with van der Waals surface area (Å²) in [5.41, 5.74) is 0. The van der Waals surface area contributed by atoms with Crippen molar-refractivity contribution in [2.45, 2.75) is 26.2 Å². The van der Waals surface area contributed by atoms with Gasteiger partial charge in [0.1, 0.15) is 0 Å². The minimum atomic E-state index is -2.61. The number of alkyl halides is 2. The second-order valence-corrected chi connectivity index (χ2v) is 3.26. The molecule has 0 aliphatic carbocycles. The Kier molecular flexibility index (Phi) is 6.16. The van der Waals surface area contributed by atoms with E-state index in [1.807, 2.05) is 13.8 Å². The van der Waals surface area contributed by atoms with Crippen molar-refractivity contribution in [3.8, 4) is 0 Å². The Labute approximate surface area is 79.3 Å². The first kappa shape index (κ1) is 12.8. The van der Waals surface area contributed by atoms with Crippen LogP contribution in [-0.2, 0) is 0 Å². The molecule has 0 amide bonds. The van der Waals surface area contributed by atoms with Gasteiger partial charge in [0.2, 0.25) is 0 Å². The first-order chi connectivity index (χ1) is 6.05. The van der Waals surface area contributed by atoms with Crippen molar-refractivity contribution in [1.82, 2.24) is 10.2 Å². The zero-order valence-corrected chi connectivity index (χ0v) is 8.74. The molecular weight excluding hydrogens is 174 g/mol. The Morgan fingerprint density at radius 1 is 1.31 bits per heavy atom. The Bertz CT molecular complexity index is 129. The molecule has 0 saturated carbocycles. The molecule has 0 aromatic rings. The molecule has 0 radical (unpaired) electrons. The lowest BCUT2D eigenvalue weighted by Crippen LogP contribution is -2.42. The van der Waals surface area contributed by atoms with Crippen molar-refractivity contribution in [1.29, 1.82) is 0 Å². The average Bonchev–Trinajstić information content (AvgIpc) is 2.03. The van der Waals surface area contributed by atoms with Crippen LogP contribution in [0.15, 0.2) is 0 Å². The highest BCUT2D eigenvalue weighted by atomic mass is 19.3. The summed E-state index contributed by atoms with van der Waals surface area (Å²) < 4.78 is 26.2. The van der Waals surface area contributed by atoms with E-state index < -0.39 is 5.92 Å². The minimum absolute atomic E-state index is 0.141. The van der Waals surface area contributed by atoms with Crippen LogP contribution < -0.4 is 5.32 Å². The molecule has 0 aliphatic rings. The van der Waals surface area contributed by atoms with Gasteiger partial charge in [-0.3, -0.25) is 4.90 Å². The van der Waals surface area contributed by atoms with Crippen LogP contribution in [0.5, 0.6) is 0 Å². The van der Waals surface area contributed by atoms with E-state index in [1.54, 1.807) is 11.9 Å². The summed E-state index contributed by atoms with van der Waals surface area (Å²) in [6.45, 7) is 4.96. The fourth-order valence-corrected chi connectivity index (χ4v) is 1.31. The molecule has 0 bridgehead atoms. The molecule has 2 nitrogen and oxygen atoms in total. The number of hydrogen-bond acceptors (Lipinski definition) is 2. The second kappa shape index (κ2) is 6.27. The molecule has 4 heteroatoms. The maximum atomic E-state index is 13.1. The van der Waals surface area contributed by atoms with Crippen LogP contribution in [0.2, 0.25) is 0 Å². The zero-order chi connectivity index (χ0) is 10.3. The van der Waals surface area contributed by atoms with Gasteiger partial charge in [-0.05, 0) is 26.6 Å². The van der Waals surface area contributed by atoms with Crippen LogP contribution in [-0.4, -0.2) is 44.0 Å². The molecule has 0 saturated heterocycles. The van der Waals surface area contributed by atoms with E-state index in [-0.39, 0.29) is 13.1 Å². The molecule has 0 rings (SSSR count). The molecule has 0 aromatic heterocycles. The van der Waals surface area contributed by atoms with Gasteiger partial charge in [0, 0.05) is 0 Å². The van der Waals surface area contributed by atoms with Crippen LogP contribution in [0.4, 0.5) is 8.78 Å². The van der Waals surface area contributed by atoms with E-state index in [1.165, 1.54) is 0 Å². The first-order valence-electron chi connectivity index (χ1n) is 4.80. The van der Waals surface area contributed by atoms with E-state index in [9.17, 15) is 8.78 Å². The smallest absolute Gasteiger partial charge is 0.272 e. The Morgan fingerprint density at radius 3 is 2.31 bits per heavy atom. The second-order valence-electron chi connectivity index (χ2n) is 3.26. The van der Waals surface area contributed by atoms with Gasteiger partial charge in [0.05, 0.1) is 13.1 Å². The van der Waals surface area contributed by atoms with Crippen LogP contribution in [0.25, 0.3) is 0 Å². The van der Waals surface area contributed by atoms with Crippen LogP contribution in [0.1, 0.15) is 20.3 Å². The van der Waals surface area contributed by atoms with Gasteiger partial charge < -0.3 is 5.32 Å². The lowest BCUT2D eigenvalue weighted by molar-refractivity contribution is -0.0279. The average molecular weight is 194 g/mol. The molecule has 0 heterocycles. The van der Waals surface area contributed by atoms with Crippen molar-refractivity contribution >= 4 is 0 Å². The van der Waals surface area contributed by atoms with E-state index in [4.69, 9.17) is 0 Å². The molecule has 0 unspecified atom stereocenters. The number of nitrogens with one attached hydrogen (secondary N) is 1. The normalized spacial score (nSPS) is 12.5. The monoisotopic (exact) mass is 194 g/mol. The Morgan fingerprint density at radius 2 is 1.92 bits per heavy atom. The molecule has 0 fully saturated rings. The molecule has 80 valence electrons. The van der Waals surface area contributed by atoms with Gasteiger partial charge in [-0.2, -0.15) is 0 Å². The third-order valence-corrected chi connectivity index (χ3v) is 1.88. The van der Waals surface area contributed by atoms with Crippen molar-refractivity contribution in [2.75, 3.05) is 33.2 Å². The largest absolute Gasteiger partial charge is 0.314 e. The van der Waals surface area contributed by atoms with Crippen LogP contribution >= 0.6 is 0 Å². The predicted molar refractivity (Wildman–Crippen MR) is 51.3 cm³/mol. The molecule has 0 spiro atoms. The summed E-state index contributed by atoms with van der Waals surface area (Å²) in [6, 6.07) is 0. The van der Waals surface area contributed by atoms with E-state index >= 15 is 0 Å². The molecular formula is C9H20F2N2. The highest BCUT2D eigenvalue weighted by Crippen LogP contribution is 2.13. The summed E-state index contributed by atoms with van der Waals surface area (Å²) in [5, 5.41) is 2.50.